The molecule has 2 aromatic carbocycles. The summed E-state index contributed by atoms with van der Waals surface area (Å²) in [5.74, 6) is -0.274. The third-order valence-electron chi connectivity index (χ3n) is 8.29. The second-order valence-corrected chi connectivity index (χ2v) is 12.9. The van der Waals surface area contributed by atoms with Gasteiger partial charge in [-0.15, -0.1) is 0 Å². The van der Waals surface area contributed by atoms with E-state index in [9.17, 15) is 24.0 Å². The third-order valence-corrected chi connectivity index (χ3v) is 8.29. The molecule has 15 heteroatoms. The zero-order valence-corrected chi connectivity index (χ0v) is 28.7. The lowest BCUT2D eigenvalue weighted by Crippen LogP contribution is -2.54. The van der Waals surface area contributed by atoms with E-state index in [2.05, 4.69) is 31.3 Å². The molecule has 5 rings (SSSR count). The van der Waals surface area contributed by atoms with Crippen LogP contribution in [0, 0.1) is 5.92 Å². The number of hydrogen-bond donors (Lipinski definition) is 4. The molecule has 0 unspecified atom stereocenters. The van der Waals surface area contributed by atoms with Crippen LogP contribution in [0.25, 0.3) is 11.4 Å². The Morgan fingerprint density at radius 2 is 1.66 bits per heavy atom. The SMILES string of the molecule is CC(C)C[C@H]1NC(=O)[C@@H](C)NC(=O)CN(C(=O)Cc2ccc3c(c2)OCO3)CCCNC(=O)Cn2nc(-c3ccccc3)nc2[C@H](C)NC1=O. The van der Waals surface area contributed by atoms with Crippen LogP contribution in [-0.4, -0.2) is 87.7 Å². The van der Waals surface area contributed by atoms with E-state index in [4.69, 9.17) is 9.47 Å². The van der Waals surface area contributed by atoms with Crippen LogP contribution >= 0.6 is 0 Å². The molecule has 3 heterocycles. The van der Waals surface area contributed by atoms with Gasteiger partial charge in [-0.1, -0.05) is 50.2 Å². The minimum Gasteiger partial charge on any atom is -0.454 e. The first kappa shape index (κ1) is 35.8. The first-order chi connectivity index (χ1) is 24.0. The number of carbonyl (C=O) groups excluding carboxylic acids is 5. The van der Waals surface area contributed by atoms with Gasteiger partial charge in [-0.3, -0.25) is 24.0 Å². The second kappa shape index (κ2) is 16.3. The van der Waals surface area contributed by atoms with Crippen molar-refractivity contribution in [3.05, 3.63) is 59.9 Å². The molecule has 5 amide bonds. The fourth-order valence-electron chi connectivity index (χ4n) is 5.72. The van der Waals surface area contributed by atoms with E-state index >= 15 is 0 Å². The van der Waals surface area contributed by atoms with Crippen LogP contribution in [0.2, 0.25) is 0 Å². The van der Waals surface area contributed by atoms with Crippen molar-refractivity contribution in [2.24, 2.45) is 5.92 Å². The average Bonchev–Trinajstić information content (AvgIpc) is 3.72. The normalized spacial score (nSPS) is 20.8. The zero-order valence-electron chi connectivity index (χ0n) is 28.7. The summed E-state index contributed by atoms with van der Waals surface area (Å²) in [6, 6.07) is 11.9. The third kappa shape index (κ3) is 9.36. The summed E-state index contributed by atoms with van der Waals surface area (Å²) in [5, 5.41) is 15.8. The molecule has 0 radical (unpaired) electrons. The van der Waals surface area contributed by atoms with Crippen molar-refractivity contribution >= 4 is 29.5 Å². The molecule has 0 saturated carbocycles. The maximum Gasteiger partial charge on any atom is 0.243 e. The molecule has 1 aromatic heterocycles. The second-order valence-electron chi connectivity index (χ2n) is 12.9. The Labute approximate surface area is 290 Å². The number of fused-ring (bicyclic) bond motifs is 2. The zero-order chi connectivity index (χ0) is 35.8. The van der Waals surface area contributed by atoms with Crippen LogP contribution < -0.4 is 30.7 Å². The van der Waals surface area contributed by atoms with Crippen LogP contribution in [0.3, 0.4) is 0 Å². The first-order valence-electron chi connectivity index (χ1n) is 16.8. The van der Waals surface area contributed by atoms with Crippen LogP contribution in [0.1, 0.15) is 58.0 Å². The quantitative estimate of drug-likeness (QED) is 0.308. The van der Waals surface area contributed by atoms with Gasteiger partial charge in [-0.25, -0.2) is 9.67 Å². The molecule has 3 atom stereocenters. The fraction of sp³-hybridized carbons (Fsp3) is 0.457. The van der Waals surface area contributed by atoms with Gasteiger partial charge in [-0.2, -0.15) is 5.10 Å². The van der Waals surface area contributed by atoms with E-state index in [0.717, 1.165) is 5.56 Å². The molecule has 0 bridgehead atoms. The van der Waals surface area contributed by atoms with Gasteiger partial charge >= 0.3 is 0 Å². The van der Waals surface area contributed by atoms with Gasteiger partial charge in [-0.05, 0) is 50.3 Å². The molecule has 0 fully saturated rings. The van der Waals surface area contributed by atoms with Crippen molar-refractivity contribution in [3.8, 4) is 22.9 Å². The van der Waals surface area contributed by atoms with E-state index < -0.39 is 35.8 Å². The molecular formula is C35H44N8O7. The molecule has 0 saturated heterocycles. The molecule has 4 N–H and O–H groups in total. The van der Waals surface area contributed by atoms with Crippen LogP contribution in [0.15, 0.2) is 48.5 Å². The van der Waals surface area contributed by atoms with Gasteiger partial charge in [0.15, 0.2) is 17.3 Å². The van der Waals surface area contributed by atoms with E-state index in [1.807, 2.05) is 44.2 Å². The standard InChI is InChI=1S/C35H44N8O7/c1-21(2)15-26-35(48)38-22(3)33-40-32(25-9-6-5-7-10-25)41-43(33)19-29(44)36-13-8-14-42(18-30(45)37-23(4)34(47)39-26)31(46)17-24-11-12-27-28(16-24)50-20-49-27/h5-7,9-12,16,21-23,26H,8,13-15,17-20H2,1-4H3,(H,36,44)(H,37,45)(H,38,48)(H,39,47)/t22-,23+,26+/m0/s1. The summed E-state index contributed by atoms with van der Waals surface area (Å²) in [6.07, 6.45) is 0.678. The smallest absolute Gasteiger partial charge is 0.243 e. The number of ether oxygens (including phenoxy) is 2. The molecule has 2 aliphatic rings. The molecule has 50 heavy (non-hydrogen) atoms. The highest BCUT2D eigenvalue weighted by molar-refractivity contribution is 5.93. The Kier molecular flexibility index (Phi) is 11.7. The number of rotatable bonds is 5. The van der Waals surface area contributed by atoms with E-state index in [0.29, 0.717) is 41.6 Å². The van der Waals surface area contributed by atoms with Gasteiger partial charge in [0.1, 0.15) is 24.5 Å². The van der Waals surface area contributed by atoms with Crippen molar-refractivity contribution in [1.82, 2.24) is 40.9 Å². The summed E-state index contributed by atoms with van der Waals surface area (Å²) < 4.78 is 12.3. The number of benzene rings is 2. The maximum atomic E-state index is 13.6. The number of nitrogens with one attached hydrogen (secondary N) is 4. The highest BCUT2D eigenvalue weighted by Crippen LogP contribution is 2.32. The minimum absolute atomic E-state index is 0.00464. The first-order valence-corrected chi connectivity index (χ1v) is 16.8. The van der Waals surface area contributed by atoms with Crippen molar-refractivity contribution in [2.45, 2.75) is 71.6 Å². The lowest BCUT2D eigenvalue weighted by molar-refractivity contribution is -0.137. The van der Waals surface area contributed by atoms with Crippen molar-refractivity contribution in [2.75, 3.05) is 26.4 Å². The van der Waals surface area contributed by atoms with Crippen LogP contribution in [0.4, 0.5) is 0 Å². The van der Waals surface area contributed by atoms with Crippen molar-refractivity contribution < 1.29 is 33.4 Å². The molecule has 3 aromatic rings. The van der Waals surface area contributed by atoms with E-state index in [-0.39, 0.29) is 57.1 Å². The number of hydrogen-bond acceptors (Lipinski definition) is 9. The largest absolute Gasteiger partial charge is 0.454 e. The molecule has 0 spiro atoms. The Bertz CT molecular complexity index is 1710. The number of amides is 5. The number of carbonyl (C=O) groups is 5. The summed E-state index contributed by atoms with van der Waals surface area (Å²) in [6.45, 7) is 7.11. The van der Waals surface area contributed by atoms with Gasteiger partial charge in [0.05, 0.1) is 19.0 Å². The van der Waals surface area contributed by atoms with Gasteiger partial charge < -0.3 is 35.6 Å². The maximum absolute atomic E-state index is 13.6. The van der Waals surface area contributed by atoms with Crippen molar-refractivity contribution in [1.29, 1.82) is 0 Å². The Balaban J connectivity index is 1.38. The molecule has 0 aliphatic carbocycles. The summed E-state index contributed by atoms with van der Waals surface area (Å²) >= 11 is 0. The van der Waals surface area contributed by atoms with Crippen molar-refractivity contribution in [3.63, 3.8) is 0 Å². The molecule has 15 nitrogen and oxygen atoms in total. The topological polar surface area (TPSA) is 186 Å². The van der Waals surface area contributed by atoms with Gasteiger partial charge in [0.2, 0.25) is 36.3 Å². The Hall–Kier alpha value is -5.47. The highest BCUT2D eigenvalue weighted by atomic mass is 16.7. The van der Waals surface area contributed by atoms with E-state index in [1.54, 1.807) is 25.1 Å². The number of nitrogens with zero attached hydrogens (tertiary/aromatic N) is 4. The predicted molar refractivity (Wildman–Crippen MR) is 181 cm³/mol. The Morgan fingerprint density at radius 1 is 0.900 bits per heavy atom. The number of aromatic nitrogens is 3. The minimum atomic E-state index is -0.994. The molecule has 2 aliphatic heterocycles. The lowest BCUT2D eigenvalue weighted by Gasteiger charge is -2.25. The summed E-state index contributed by atoms with van der Waals surface area (Å²) in [7, 11) is 0. The summed E-state index contributed by atoms with van der Waals surface area (Å²) in [5.41, 5.74) is 1.42. The van der Waals surface area contributed by atoms with Crippen LogP contribution in [0.5, 0.6) is 11.5 Å². The van der Waals surface area contributed by atoms with Gasteiger partial charge in [0, 0.05) is 18.7 Å². The molecule has 266 valence electrons. The monoisotopic (exact) mass is 688 g/mol. The van der Waals surface area contributed by atoms with Gasteiger partial charge in [0.25, 0.3) is 0 Å². The fourth-order valence-corrected chi connectivity index (χ4v) is 5.72. The molecular weight excluding hydrogens is 644 g/mol. The Morgan fingerprint density at radius 3 is 2.42 bits per heavy atom. The average molecular weight is 689 g/mol. The van der Waals surface area contributed by atoms with E-state index in [1.165, 1.54) is 16.5 Å². The lowest BCUT2D eigenvalue weighted by atomic mass is 10.0. The summed E-state index contributed by atoms with van der Waals surface area (Å²) in [4.78, 5) is 72.7. The predicted octanol–water partition coefficient (Wildman–Crippen LogP) is 1.48. The highest BCUT2D eigenvalue weighted by Gasteiger charge is 2.29. The van der Waals surface area contributed by atoms with Crippen LogP contribution in [-0.2, 0) is 36.9 Å².